The number of carbonyl (C=O) groups excluding carboxylic acids is 1. The minimum atomic E-state index is -2.60. The molecule has 2 rings (SSSR count). The highest BCUT2D eigenvalue weighted by atomic mass is 16.7. The second-order valence-corrected chi connectivity index (χ2v) is 2.47. The molecule has 0 N–H and O–H groups in total. The van der Waals surface area contributed by atoms with Crippen LogP contribution in [0.2, 0.25) is 0 Å². The first kappa shape index (κ1) is 5.11. The maximum absolute atomic E-state index is 10.6. The highest BCUT2D eigenvalue weighted by Crippen LogP contribution is 2.41. The fraction of sp³-hybridized carbons (Fsp3) is 0.222. The molecule has 68 valence electrons. The van der Waals surface area contributed by atoms with Crippen molar-refractivity contribution in [3.63, 3.8) is 0 Å². The molecule has 0 saturated carbocycles. The number of methoxy groups -OCH3 is 1. The van der Waals surface area contributed by atoms with Gasteiger partial charge in [-0.1, -0.05) is 0 Å². The molecule has 0 fully saturated rings. The van der Waals surface area contributed by atoms with Crippen LogP contribution in [0.3, 0.4) is 0 Å². The molecule has 0 aromatic heterocycles. The topological polar surface area (TPSA) is 44.8 Å². The van der Waals surface area contributed by atoms with E-state index in [9.17, 15) is 4.79 Å². The van der Waals surface area contributed by atoms with Crippen molar-refractivity contribution in [2.24, 2.45) is 0 Å². The smallest absolute Gasteiger partial charge is 0.231 e. The number of hydrogen-bond acceptors (Lipinski definition) is 4. The molecule has 1 heterocycles. The second kappa shape index (κ2) is 2.97. The highest BCUT2D eigenvalue weighted by Gasteiger charge is 2.19. The number of carbonyl (C=O) groups is 1. The third kappa shape index (κ3) is 1.20. The summed E-state index contributed by atoms with van der Waals surface area (Å²) in [5, 5.41) is 0. The Hall–Kier alpha value is -1.71. The van der Waals surface area contributed by atoms with Gasteiger partial charge in [0.1, 0.15) is 6.29 Å². The van der Waals surface area contributed by atoms with E-state index in [-0.39, 0.29) is 23.9 Å². The molecular weight excluding hydrogens is 172 g/mol. The van der Waals surface area contributed by atoms with Gasteiger partial charge in [0.2, 0.25) is 12.5 Å². The van der Waals surface area contributed by atoms with Gasteiger partial charge in [-0.15, -0.1) is 0 Å². The van der Waals surface area contributed by atoms with E-state index in [0.717, 1.165) is 0 Å². The molecule has 0 aliphatic carbocycles. The predicted molar refractivity (Wildman–Crippen MR) is 44.5 cm³/mol. The van der Waals surface area contributed by atoms with E-state index >= 15 is 0 Å². The minimum absolute atomic E-state index is 0.0166. The lowest BCUT2D eigenvalue weighted by molar-refractivity contribution is 0.112. The lowest BCUT2D eigenvalue weighted by Crippen LogP contribution is -1.93. The van der Waals surface area contributed by atoms with E-state index in [4.69, 9.17) is 18.3 Å². The molecule has 0 amide bonds. The van der Waals surface area contributed by atoms with E-state index < -0.39 is 7.04 Å². The summed E-state index contributed by atoms with van der Waals surface area (Å²) >= 11 is 0. The van der Waals surface area contributed by atoms with Gasteiger partial charge in [-0.2, -0.15) is 0 Å². The normalized spacial score (nSPS) is 17.1. The second-order valence-electron chi connectivity index (χ2n) is 2.47. The molecule has 4 heteroatoms. The predicted octanol–water partition coefficient (Wildman–Crippen LogP) is 1.24. The van der Waals surface area contributed by atoms with E-state index in [0.29, 0.717) is 12.0 Å². The Morgan fingerprint density at radius 3 is 3.31 bits per heavy atom. The molecule has 13 heavy (non-hydrogen) atoms. The summed E-state index contributed by atoms with van der Waals surface area (Å²) in [5.74, 6) is 0.502. The average molecular weight is 183 g/mol. The molecule has 0 saturated heterocycles. The van der Waals surface area contributed by atoms with Gasteiger partial charge in [0, 0.05) is 5.56 Å². The van der Waals surface area contributed by atoms with E-state index in [2.05, 4.69) is 0 Å². The van der Waals surface area contributed by atoms with Crippen molar-refractivity contribution in [3.05, 3.63) is 17.7 Å². The van der Waals surface area contributed by atoms with Crippen LogP contribution in [0.15, 0.2) is 12.1 Å². The quantitative estimate of drug-likeness (QED) is 0.647. The zero-order valence-electron chi connectivity index (χ0n) is 9.57. The molecule has 1 aliphatic heterocycles. The average Bonchev–Trinajstić information content (AvgIpc) is 2.63. The lowest BCUT2D eigenvalue weighted by atomic mass is 10.2. The Labute approximate surface area is 79.2 Å². The third-order valence-electron chi connectivity index (χ3n) is 1.71. The Morgan fingerprint density at radius 1 is 1.62 bits per heavy atom. The molecule has 0 radical (unpaired) electrons. The van der Waals surface area contributed by atoms with Crippen LogP contribution in [0.4, 0.5) is 0 Å². The molecule has 0 unspecified atom stereocenters. The van der Waals surface area contributed by atoms with Crippen LogP contribution in [0, 0.1) is 0 Å². The van der Waals surface area contributed by atoms with Gasteiger partial charge in [0.25, 0.3) is 0 Å². The summed E-state index contributed by atoms with van der Waals surface area (Å²) < 4.78 is 35.8. The SMILES string of the molecule is [2H]C([2H])([2H])Oc1cc(C=O)cc2c1OCO2. The first-order valence-corrected chi connectivity index (χ1v) is 3.57. The molecule has 1 aliphatic rings. The molecule has 1 aromatic rings. The molecule has 0 spiro atoms. The number of hydrogen-bond donors (Lipinski definition) is 0. The van der Waals surface area contributed by atoms with E-state index in [1.807, 2.05) is 0 Å². The summed E-state index contributed by atoms with van der Waals surface area (Å²) in [6.45, 7) is -0.0188. The van der Waals surface area contributed by atoms with Crippen molar-refractivity contribution in [1.29, 1.82) is 0 Å². The van der Waals surface area contributed by atoms with E-state index in [1.54, 1.807) is 0 Å². The van der Waals surface area contributed by atoms with Crippen molar-refractivity contribution in [2.45, 2.75) is 0 Å². The van der Waals surface area contributed by atoms with Gasteiger partial charge < -0.3 is 14.2 Å². The first-order chi connectivity index (χ1) is 7.49. The van der Waals surface area contributed by atoms with Gasteiger partial charge >= 0.3 is 0 Å². The molecule has 0 bridgehead atoms. The van der Waals surface area contributed by atoms with Crippen LogP contribution in [-0.4, -0.2) is 20.1 Å². The van der Waals surface area contributed by atoms with Gasteiger partial charge in [-0.05, 0) is 12.1 Å². The molecule has 4 nitrogen and oxygen atoms in total. The minimum Gasteiger partial charge on any atom is -0.493 e. The van der Waals surface area contributed by atoms with Crippen molar-refractivity contribution in [2.75, 3.05) is 13.8 Å². The summed E-state index contributed by atoms with van der Waals surface area (Å²) in [7, 11) is -2.60. The fourth-order valence-electron chi connectivity index (χ4n) is 1.14. The van der Waals surface area contributed by atoms with Crippen molar-refractivity contribution >= 4 is 6.29 Å². The first-order valence-electron chi connectivity index (χ1n) is 5.07. The Morgan fingerprint density at radius 2 is 2.54 bits per heavy atom. The Bertz CT molecular complexity index is 427. The number of aldehydes is 1. The van der Waals surface area contributed by atoms with Crippen molar-refractivity contribution < 1.29 is 23.1 Å². The van der Waals surface area contributed by atoms with Gasteiger partial charge in [-0.3, -0.25) is 4.79 Å². The largest absolute Gasteiger partial charge is 0.493 e. The van der Waals surface area contributed by atoms with Gasteiger partial charge in [-0.25, -0.2) is 0 Å². The zero-order chi connectivity index (χ0) is 11.8. The molecule has 1 aromatic carbocycles. The van der Waals surface area contributed by atoms with Crippen molar-refractivity contribution in [1.82, 2.24) is 0 Å². The van der Waals surface area contributed by atoms with Crippen LogP contribution in [0.5, 0.6) is 17.2 Å². The summed E-state index contributed by atoms with van der Waals surface area (Å²) in [6.07, 6.45) is 0.578. The highest BCUT2D eigenvalue weighted by molar-refractivity contribution is 5.78. The van der Waals surface area contributed by atoms with E-state index in [1.165, 1.54) is 12.1 Å². The Kier molecular flexibility index (Phi) is 1.17. The summed E-state index contributed by atoms with van der Waals surface area (Å²) in [6, 6.07) is 2.76. The zero-order valence-corrected chi connectivity index (χ0v) is 6.57. The Balaban J connectivity index is 2.43. The maximum atomic E-state index is 10.6. The summed E-state index contributed by atoms with van der Waals surface area (Å²) in [4.78, 5) is 10.6. The number of ether oxygens (including phenoxy) is 3. The van der Waals surface area contributed by atoms with Crippen LogP contribution in [0.1, 0.15) is 14.5 Å². The standard InChI is InChI=1S/C9H8O4/c1-11-7-2-6(4-10)3-8-9(7)13-5-12-8/h2-4H,5H2,1H3/i1D3. The lowest BCUT2D eigenvalue weighted by Gasteiger charge is -2.04. The third-order valence-corrected chi connectivity index (χ3v) is 1.71. The maximum Gasteiger partial charge on any atom is 0.231 e. The van der Waals surface area contributed by atoms with Crippen LogP contribution >= 0.6 is 0 Å². The molecular formula is C9H8O4. The molecule has 0 atom stereocenters. The van der Waals surface area contributed by atoms with Gasteiger partial charge in [0.05, 0.1) is 11.2 Å². The van der Waals surface area contributed by atoms with Crippen LogP contribution in [-0.2, 0) is 0 Å². The monoisotopic (exact) mass is 183 g/mol. The summed E-state index contributed by atoms with van der Waals surface area (Å²) in [5.41, 5.74) is 0.267. The number of benzene rings is 1. The van der Waals surface area contributed by atoms with Crippen LogP contribution in [0.25, 0.3) is 0 Å². The number of fused-ring (bicyclic) bond motifs is 1. The van der Waals surface area contributed by atoms with Crippen molar-refractivity contribution in [3.8, 4) is 17.2 Å². The fourth-order valence-corrected chi connectivity index (χ4v) is 1.14. The number of rotatable bonds is 2. The van der Waals surface area contributed by atoms with Crippen LogP contribution < -0.4 is 14.2 Å². The van der Waals surface area contributed by atoms with Gasteiger partial charge in [0.15, 0.2) is 11.5 Å².